The molecule has 0 saturated heterocycles. The van der Waals surface area contributed by atoms with Crippen molar-refractivity contribution in [2.45, 2.75) is 12.8 Å². The maximum atomic E-state index is 12.6. The Morgan fingerprint density at radius 2 is 1.43 bits per heavy atom. The number of hydrogen-bond acceptors (Lipinski definition) is 7. The molecule has 0 aliphatic heterocycles. The van der Waals surface area contributed by atoms with E-state index >= 15 is 0 Å². The van der Waals surface area contributed by atoms with E-state index in [9.17, 15) is 14.5 Å². The lowest BCUT2D eigenvalue weighted by molar-refractivity contribution is -0.133. The topological polar surface area (TPSA) is 113 Å². The summed E-state index contributed by atoms with van der Waals surface area (Å²) < 4.78 is 21.6. The first-order valence-electron chi connectivity index (χ1n) is 11.5. The number of carbonyl (C=O) groups excluding carboxylic acids is 2. The number of carbonyl (C=O) groups is 2. The van der Waals surface area contributed by atoms with Crippen molar-refractivity contribution in [3.05, 3.63) is 88.3 Å². The van der Waals surface area contributed by atoms with Crippen molar-refractivity contribution in [3.63, 3.8) is 0 Å². The zero-order valence-electron chi connectivity index (χ0n) is 20.9. The van der Waals surface area contributed by atoms with Gasteiger partial charge in [0.25, 0.3) is 0 Å². The number of urea groups is 1. The minimum absolute atomic E-state index is 0.369. The average molecular weight is 505 g/mol. The molecule has 0 atom stereocenters. The number of amides is 2. The van der Waals surface area contributed by atoms with Crippen LogP contribution in [0.5, 0.6) is 23.0 Å². The van der Waals surface area contributed by atoms with Crippen LogP contribution in [0.2, 0.25) is 0 Å². The summed E-state index contributed by atoms with van der Waals surface area (Å²) in [4.78, 5) is 33.5. The maximum absolute atomic E-state index is 12.6. The second-order valence-electron chi connectivity index (χ2n) is 7.89. The van der Waals surface area contributed by atoms with Gasteiger partial charge in [0.2, 0.25) is 0 Å². The van der Waals surface area contributed by atoms with Crippen LogP contribution in [0.25, 0.3) is 11.6 Å². The van der Waals surface area contributed by atoms with Crippen LogP contribution in [-0.4, -0.2) is 39.9 Å². The van der Waals surface area contributed by atoms with Gasteiger partial charge in [0.05, 0.1) is 26.9 Å². The van der Waals surface area contributed by atoms with Crippen LogP contribution >= 0.6 is 0 Å². The Balaban J connectivity index is 1.70. The molecule has 0 saturated carbocycles. The van der Waals surface area contributed by atoms with Gasteiger partial charge in [-0.3, -0.25) is 0 Å². The smallest absolute Gasteiger partial charge is 0.378 e. The molecule has 0 radical (unpaired) electrons. The highest BCUT2D eigenvalue weighted by Gasteiger charge is 2.14. The molecule has 0 aliphatic carbocycles. The quantitative estimate of drug-likeness (QED) is 0.119. The minimum atomic E-state index is -0.857. The van der Waals surface area contributed by atoms with E-state index in [0.29, 0.717) is 47.1 Å². The predicted octanol–water partition coefficient (Wildman–Crippen LogP) is 5.62. The standard InChI is InChI=1S/C28H28N2O7/c1-34-24-15-20(16-25(18-24)35-2)17-26(27(31)36-3)21-8-12-23(13-9-21)37-22-10-6-19(7-11-22)5-4-14-29-28(32)30-33/h6-13,15-18H,4-5,14H2,1-3H3,(H,29,32). The molecule has 0 aromatic heterocycles. The fraction of sp³-hybridized carbons (Fsp3) is 0.214. The van der Waals surface area contributed by atoms with Gasteiger partial charge in [-0.15, -0.1) is 4.91 Å². The molecular weight excluding hydrogens is 476 g/mol. The summed E-state index contributed by atoms with van der Waals surface area (Å²) in [5, 5.41) is 4.70. The zero-order chi connectivity index (χ0) is 26.6. The van der Waals surface area contributed by atoms with Gasteiger partial charge in [0.15, 0.2) is 0 Å². The van der Waals surface area contributed by atoms with Crippen molar-refractivity contribution in [1.29, 1.82) is 0 Å². The zero-order valence-corrected chi connectivity index (χ0v) is 20.9. The first-order chi connectivity index (χ1) is 17.9. The van der Waals surface area contributed by atoms with Crippen LogP contribution in [0.1, 0.15) is 23.1 Å². The molecule has 0 heterocycles. The number of aryl methyl sites for hydroxylation is 1. The normalized spacial score (nSPS) is 10.8. The van der Waals surface area contributed by atoms with E-state index in [2.05, 4.69) is 10.5 Å². The van der Waals surface area contributed by atoms with E-state index in [1.807, 2.05) is 24.3 Å². The van der Waals surface area contributed by atoms with Crippen LogP contribution in [-0.2, 0) is 16.0 Å². The van der Waals surface area contributed by atoms with E-state index in [1.165, 1.54) is 7.11 Å². The van der Waals surface area contributed by atoms with Crippen molar-refractivity contribution in [2.24, 2.45) is 5.18 Å². The number of nitrogens with zero attached hydrogens (tertiary/aromatic N) is 1. The highest BCUT2D eigenvalue weighted by molar-refractivity contribution is 6.21. The number of nitroso groups, excluding NO2 is 1. The highest BCUT2D eigenvalue weighted by atomic mass is 16.5. The fourth-order valence-corrected chi connectivity index (χ4v) is 3.53. The first-order valence-corrected chi connectivity index (χ1v) is 11.5. The Morgan fingerprint density at radius 1 is 0.838 bits per heavy atom. The van der Waals surface area contributed by atoms with Gasteiger partial charge in [-0.25, -0.2) is 9.59 Å². The fourth-order valence-electron chi connectivity index (χ4n) is 3.53. The summed E-state index contributed by atoms with van der Waals surface area (Å²) in [6.45, 7) is 0.378. The summed E-state index contributed by atoms with van der Waals surface area (Å²) in [7, 11) is 4.46. The maximum Gasteiger partial charge on any atom is 0.378 e. The third kappa shape index (κ3) is 7.93. The molecule has 1 N–H and O–H groups in total. The van der Waals surface area contributed by atoms with E-state index < -0.39 is 12.0 Å². The molecule has 2 amide bonds. The van der Waals surface area contributed by atoms with Gasteiger partial charge in [-0.1, -0.05) is 24.3 Å². The van der Waals surface area contributed by atoms with Crippen LogP contribution in [0.4, 0.5) is 4.79 Å². The summed E-state index contributed by atoms with van der Waals surface area (Å²) in [6.07, 6.45) is 3.13. The van der Waals surface area contributed by atoms with Crippen molar-refractivity contribution in [3.8, 4) is 23.0 Å². The third-order valence-corrected chi connectivity index (χ3v) is 5.42. The van der Waals surface area contributed by atoms with Crippen LogP contribution in [0.15, 0.2) is 71.9 Å². The third-order valence-electron chi connectivity index (χ3n) is 5.42. The van der Waals surface area contributed by atoms with Gasteiger partial charge in [-0.2, -0.15) is 0 Å². The second kappa shape index (κ2) is 13.4. The number of rotatable bonds is 11. The monoisotopic (exact) mass is 504 g/mol. The number of hydrogen-bond donors (Lipinski definition) is 1. The second-order valence-corrected chi connectivity index (χ2v) is 7.89. The SMILES string of the molecule is COC(=O)C(=Cc1cc(OC)cc(OC)c1)c1ccc(Oc2ccc(CCCNC(=O)N=O)cc2)cc1. The molecule has 37 heavy (non-hydrogen) atoms. The van der Waals surface area contributed by atoms with Crippen LogP contribution in [0.3, 0.4) is 0 Å². The Hall–Kier alpha value is -4.66. The Bertz CT molecular complexity index is 1230. The molecule has 0 unspecified atom stereocenters. The lowest BCUT2D eigenvalue weighted by Gasteiger charge is -2.11. The summed E-state index contributed by atoms with van der Waals surface area (Å²) in [5.41, 5.74) is 2.82. The number of benzene rings is 3. The van der Waals surface area contributed by atoms with Crippen LogP contribution in [0, 0.1) is 4.91 Å². The molecule has 0 spiro atoms. The molecule has 3 rings (SSSR count). The Kier molecular flexibility index (Phi) is 9.78. The summed E-state index contributed by atoms with van der Waals surface area (Å²) in [5.74, 6) is 1.99. The number of ether oxygens (including phenoxy) is 4. The molecule has 3 aromatic rings. The molecule has 9 nitrogen and oxygen atoms in total. The lowest BCUT2D eigenvalue weighted by atomic mass is 10.0. The van der Waals surface area contributed by atoms with Crippen LogP contribution < -0.4 is 19.5 Å². The molecule has 0 aliphatic rings. The van der Waals surface area contributed by atoms with E-state index in [1.54, 1.807) is 62.8 Å². The van der Waals surface area contributed by atoms with Gasteiger partial charge in [0.1, 0.15) is 23.0 Å². The highest BCUT2D eigenvalue weighted by Crippen LogP contribution is 2.29. The van der Waals surface area contributed by atoms with E-state index in [-0.39, 0.29) is 0 Å². The first kappa shape index (κ1) is 26.9. The molecule has 9 heteroatoms. The van der Waals surface area contributed by atoms with Crippen molar-refractivity contribution < 1.29 is 28.5 Å². The van der Waals surface area contributed by atoms with Crippen molar-refractivity contribution in [1.82, 2.24) is 5.32 Å². The summed E-state index contributed by atoms with van der Waals surface area (Å²) >= 11 is 0. The minimum Gasteiger partial charge on any atom is -0.497 e. The number of methoxy groups -OCH3 is 3. The van der Waals surface area contributed by atoms with Gasteiger partial charge >= 0.3 is 12.0 Å². The molecule has 0 bridgehead atoms. The summed E-state index contributed by atoms with van der Waals surface area (Å²) in [6, 6.07) is 19.2. The number of nitrogens with one attached hydrogen (secondary N) is 1. The number of esters is 1. The van der Waals surface area contributed by atoms with Gasteiger partial charge in [-0.05, 0) is 72.0 Å². The van der Waals surface area contributed by atoms with Gasteiger partial charge < -0.3 is 24.3 Å². The van der Waals surface area contributed by atoms with Crippen molar-refractivity contribution >= 4 is 23.6 Å². The molecule has 3 aromatic carbocycles. The Morgan fingerprint density at radius 3 is 1.97 bits per heavy atom. The van der Waals surface area contributed by atoms with E-state index in [4.69, 9.17) is 18.9 Å². The largest absolute Gasteiger partial charge is 0.497 e. The Labute approximate surface area is 215 Å². The average Bonchev–Trinajstić information content (AvgIpc) is 2.94. The van der Waals surface area contributed by atoms with Gasteiger partial charge in [0, 0.05) is 17.8 Å². The predicted molar refractivity (Wildman–Crippen MR) is 140 cm³/mol. The molecular formula is C28H28N2O7. The van der Waals surface area contributed by atoms with E-state index in [0.717, 1.165) is 17.5 Å². The molecule has 192 valence electrons. The lowest BCUT2D eigenvalue weighted by Crippen LogP contribution is -2.20. The molecule has 0 fully saturated rings. The van der Waals surface area contributed by atoms with Crippen molar-refractivity contribution in [2.75, 3.05) is 27.9 Å².